The molecule has 0 amide bonds. The zero-order chi connectivity index (χ0) is 23.7. The van der Waals surface area contributed by atoms with Gasteiger partial charge in [-0.1, -0.05) is 38.1 Å². The van der Waals surface area contributed by atoms with Crippen LogP contribution in [0, 0.1) is 29.6 Å². The van der Waals surface area contributed by atoms with E-state index >= 15 is 0 Å². The van der Waals surface area contributed by atoms with E-state index in [9.17, 15) is 9.90 Å². The lowest BCUT2D eigenvalue weighted by atomic mass is 9.73. The number of ether oxygens (including phenoxy) is 1. The molecule has 0 bridgehead atoms. The molecule has 1 N–H and O–H groups in total. The quantitative estimate of drug-likeness (QED) is 0.522. The zero-order valence-corrected chi connectivity index (χ0v) is 20.7. The Labute approximate surface area is 203 Å². The molecule has 1 aromatic carbocycles. The van der Waals surface area contributed by atoms with Crippen LogP contribution in [0.2, 0.25) is 0 Å². The zero-order valence-electron chi connectivity index (χ0n) is 20.7. The van der Waals surface area contributed by atoms with E-state index < -0.39 is 5.97 Å². The molecule has 1 unspecified atom stereocenters. The Hall–Kier alpha value is -1.98. The highest BCUT2D eigenvalue weighted by molar-refractivity contribution is 5.78. The minimum atomic E-state index is -0.614. The molecule has 2 saturated carbocycles. The fraction of sp³-hybridized carbons (Fsp3) is 0.655. The predicted octanol–water partition coefficient (Wildman–Crippen LogP) is 6.29. The number of carboxylic acid groups (broad SMARTS) is 1. The highest BCUT2D eigenvalue weighted by atomic mass is 16.5. The molecule has 0 radical (unpaired) electrons. The lowest BCUT2D eigenvalue weighted by Crippen LogP contribution is -2.53. The first-order chi connectivity index (χ1) is 16.5. The van der Waals surface area contributed by atoms with Gasteiger partial charge in [-0.2, -0.15) is 0 Å². The number of para-hydroxylation sites is 1. The van der Waals surface area contributed by atoms with Crippen molar-refractivity contribution in [3.05, 3.63) is 42.1 Å². The van der Waals surface area contributed by atoms with Gasteiger partial charge in [0.2, 0.25) is 0 Å². The fourth-order valence-electron chi connectivity index (χ4n) is 6.51. The first-order valence-electron chi connectivity index (χ1n) is 13.5. The van der Waals surface area contributed by atoms with E-state index in [4.69, 9.17) is 9.72 Å². The number of likely N-dealkylation sites (tertiary alicyclic amines) is 1. The molecule has 184 valence electrons. The molecule has 3 aliphatic rings. The molecule has 0 spiro atoms. The van der Waals surface area contributed by atoms with Crippen LogP contribution in [0.4, 0.5) is 0 Å². The van der Waals surface area contributed by atoms with Crippen LogP contribution in [0.3, 0.4) is 0 Å². The number of aromatic nitrogens is 1. The predicted molar refractivity (Wildman–Crippen MR) is 134 cm³/mol. The molecule has 1 aliphatic heterocycles. The highest BCUT2D eigenvalue weighted by Gasteiger charge is 2.41. The third-order valence-electron chi connectivity index (χ3n) is 8.91. The molecule has 5 heteroatoms. The maximum atomic E-state index is 11.3. The Kier molecular flexibility index (Phi) is 7.22. The van der Waals surface area contributed by atoms with Gasteiger partial charge in [-0.05, 0) is 87.2 Å². The van der Waals surface area contributed by atoms with Crippen LogP contribution in [0.1, 0.15) is 77.1 Å². The van der Waals surface area contributed by atoms with Crippen molar-refractivity contribution in [2.24, 2.45) is 29.6 Å². The van der Waals surface area contributed by atoms with Crippen LogP contribution in [0.25, 0.3) is 10.9 Å². The van der Waals surface area contributed by atoms with E-state index in [-0.39, 0.29) is 12.1 Å². The van der Waals surface area contributed by atoms with E-state index in [1.54, 1.807) is 0 Å². The molecule has 34 heavy (non-hydrogen) atoms. The summed E-state index contributed by atoms with van der Waals surface area (Å²) in [5, 5.41) is 10.5. The van der Waals surface area contributed by atoms with Crippen LogP contribution >= 0.6 is 0 Å². The molecular weight excluding hydrogens is 424 g/mol. The van der Waals surface area contributed by atoms with Crippen molar-refractivity contribution in [1.82, 2.24) is 9.88 Å². The molecule has 2 heterocycles. The van der Waals surface area contributed by atoms with E-state index in [1.807, 2.05) is 0 Å². The van der Waals surface area contributed by atoms with Gasteiger partial charge in [0.1, 0.15) is 0 Å². The monoisotopic (exact) mass is 464 g/mol. The molecule has 5 nitrogen and oxygen atoms in total. The van der Waals surface area contributed by atoms with Crippen molar-refractivity contribution < 1.29 is 14.6 Å². The van der Waals surface area contributed by atoms with Gasteiger partial charge in [0.15, 0.2) is 6.23 Å². The molecule has 2 aliphatic carbocycles. The Bertz CT molecular complexity index is 970. The first kappa shape index (κ1) is 23.7. The van der Waals surface area contributed by atoms with Gasteiger partial charge in [0, 0.05) is 18.5 Å². The fourth-order valence-corrected chi connectivity index (χ4v) is 6.51. The number of hydrogen-bond donors (Lipinski definition) is 1. The largest absolute Gasteiger partial charge is 0.481 e. The number of hydrogen-bond acceptors (Lipinski definition) is 4. The van der Waals surface area contributed by atoms with Crippen molar-refractivity contribution in [2.45, 2.75) is 77.5 Å². The maximum Gasteiger partial charge on any atom is 0.306 e. The number of benzene rings is 1. The second-order valence-electron chi connectivity index (χ2n) is 11.4. The normalized spacial score (nSPS) is 29.7. The number of rotatable bonds is 7. The third kappa shape index (κ3) is 5.16. The van der Waals surface area contributed by atoms with E-state index in [0.29, 0.717) is 17.9 Å². The summed E-state index contributed by atoms with van der Waals surface area (Å²) in [5.74, 6) is 2.14. The van der Waals surface area contributed by atoms with Gasteiger partial charge in [0.05, 0.1) is 23.2 Å². The molecular formula is C29H40N2O3. The molecule has 1 saturated heterocycles. The van der Waals surface area contributed by atoms with Crippen LogP contribution in [0.15, 0.2) is 36.4 Å². The standard InChI is InChI=1S/C29H40N2O3/c1-19(2)20-11-14-25(15-12-20)34-28(27-16-13-22-5-3-4-6-26(22)30-27)31-17-24(18-31)21-7-9-23(10-8-21)29(32)33/h3-6,13,16,19-21,23-25,28H,7-12,14-15,17-18H2,1-2H3,(H,32,33). The van der Waals surface area contributed by atoms with Crippen LogP contribution in [0.5, 0.6) is 0 Å². The smallest absolute Gasteiger partial charge is 0.306 e. The summed E-state index contributed by atoms with van der Waals surface area (Å²) >= 11 is 0. The summed E-state index contributed by atoms with van der Waals surface area (Å²) in [6.45, 7) is 6.75. The minimum absolute atomic E-state index is 0.0863. The van der Waals surface area contributed by atoms with E-state index in [2.05, 4.69) is 55.1 Å². The van der Waals surface area contributed by atoms with Crippen LogP contribution < -0.4 is 0 Å². The first-order valence-corrected chi connectivity index (χ1v) is 13.5. The van der Waals surface area contributed by atoms with Crippen LogP contribution in [-0.4, -0.2) is 40.2 Å². The number of fused-ring (bicyclic) bond motifs is 1. The number of nitrogens with zero attached hydrogens (tertiary/aromatic N) is 2. The number of aliphatic carboxylic acids is 1. The molecule has 3 fully saturated rings. The summed E-state index contributed by atoms with van der Waals surface area (Å²) in [5.41, 5.74) is 2.05. The van der Waals surface area contributed by atoms with Crippen LogP contribution in [-0.2, 0) is 9.53 Å². The summed E-state index contributed by atoms with van der Waals surface area (Å²) in [4.78, 5) is 18.8. The Morgan fingerprint density at radius 1 is 0.941 bits per heavy atom. The van der Waals surface area contributed by atoms with Crippen molar-refractivity contribution in [2.75, 3.05) is 13.1 Å². The van der Waals surface area contributed by atoms with Gasteiger partial charge >= 0.3 is 5.97 Å². The van der Waals surface area contributed by atoms with Gasteiger partial charge in [0.25, 0.3) is 0 Å². The van der Waals surface area contributed by atoms with Crippen molar-refractivity contribution in [3.63, 3.8) is 0 Å². The van der Waals surface area contributed by atoms with E-state index in [0.717, 1.165) is 74.7 Å². The average molecular weight is 465 g/mol. The van der Waals surface area contributed by atoms with Gasteiger partial charge < -0.3 is 9.84 Å². The van der Waals surface area contributed by atoms with Crippen molar-refractivity contribution in [1.29, 1.82) is 0 Å². The van der Waals surface area contributed by atoms with E-state index in [1.165, 1.54) is 18.2 Å². The second-order valence-corrected chi connectivity index (χ2v) is 11.4. The number of pyridine rings is 1. The second kappa shape index (κ2) is 10.3. The number of carbonyl (C=O) groups is 1. The third-order valence-corrected chi connectivity index (χ3v) is 8.91. The lowest BCUT2D eigenvalue weighted by Gasteiger charge is -2.49. The number of carboxylic acids is 1. The Morgan fingerprint density at radius 3 is 2.32 bits per heavy atom. The Balaban J connectivity index is 1.26. The SMILES string of the molecule is CC(C)C1CCC(OC(c2ccc3ccccc3n2)N2CC(C3CCC(C(=O)O)CC3)C2)CC1. The minimum Gasteiger partial charge on any atom is -0.481 e. The Morgan fingerprint density at radius 2 is 1.65 bits per heavy atom. The molecule has 1 atom stereocenters. The summed E-state index contributed by atoms with van der Waals surface area (Å²) in [7, 11) is 0. The van der Waals surface area contributed by atoms with Gasteiger partial charge in [-0.25, -0.2) is 4.98 Å². The molecule has 1 aromatic heterocycles. The summed E-state index contributed by atoms with van der Waals surface area (Å²) < 4.78 is 6.83. The molecule has 2 aromatic rings. The maximum absolute atomic E-state index is 11.3. The summed E-state index contributed by atoms with van der Waals surface area (Å²) in [6.07, 6.45) is 8.79. The highest BCUT2D eigenvalue weighted by Crippen LogP contribution is 2.42. The summed E-state index contributed by atoms with van der Waals surface area (Å²) in [6, 6.07) is 12.6. The lowest BCUT2D eigenvalue weighted by molar-refractivity contribution is -0.161. The van der Waals surface area contributed by atoms with Crippen molar-refractivity contribution >= 4 is 16.9 Å². The van der Waals surface area contributed by atoms with Gasteiger partial charge in [-0.3, -0.25) is 9.69 Å². The topological polar surface area (TPSA) is 62.7 Å². The van der Waals surface area contributed by atoms with Crippen molar-refractivity contribution in [3.8, 4) is 0 Å². The average Bonchev–Trinajstić information content (AvgIpc) is 2.83. The van der Waals surface area contributed by atoms with Gasteiger partial charge in [-0.15, -0.1) is 0 Å². The molecule has 5 rings (SSSR count).